The molecule has 1 amide bonds. The number of esters is 1. The summed E-state index contributed by atoms with van der Waals surface area (Å²) in [5.74, 6) is -0.430. The van der Waals surface area contributed by atoms with Crippen LogP contribution in [0.25, 0.3) is 0 Å². The molecule has 0 N–H and O–H groups in total. The van der Waals surface area contributed by atoms with Crippen molar-refractivity contribution in [3.63, 3.8) is 0 Å². The van der Waals surface area contributed by atoms with Gasteiger partial charge in [0.1, 0.15) is 5.41 Å². The summed E-state index contributed by atoms with van der Waals surface area (Å²) >= 11 is 0. The molecule has 4 nitrogen and oxygen atoms in total. The van der Waals surface area contributed by atoms with E-state index in [1.54, 1.807) is 18.9 Å². The molecule has 124 valence electrons. The van der Waals surface area contributed by atoms with Crippen LogP contribution in [0.2, 0.25) is 0 Å². The van der Waals surface area contributed by atoms with Crippen LogP contribution in [-0.2, 0) is 26.3 Å². The number of carbonyl (C=O) groups is 2. The van der Waals surface area contributed by atoms with Crippen LogP contribution in [0.15, 0.2) is 54.6 Å². The lowest BCUT2D eigenvalue weighted by atomic mass is 9.67. The molecule has 2 aromatic rings. The molecule has 1 heterocycles. The van der Waals surface area contributed by atoms with Crippen molar-refractivity contribution in [3.05, 3.63) is 71.3 Å². The molecule has 0 radical (unpaired) electrons. The minimum absolute atomic E-state index is 0.00500. The quantitative estimate of drug-likeness (QED) is 0.813. The summed E-state index contributed by atoms with van der Waals surface area (Å²) in [6.07, 6.45) is 0.00500. The number of nitrogens with zero attached hydrogens (tertiary/aromatic N) is 1. The van der Waals surface area contributed by atoms with E-state index in [2.05, 4.69) is 0 Å². The Labute approximate surface area is 142 Å². The Morgan fingerprint density at radius 1 is 1.12 bits per heavy atom. The summed E-state index contributed by atoms with van der Waals surface area (Å²) in [6.45, 7) is 2.62. The molecule has 2 aromatic carbocycles. The topological polar surface area (TPSA) is 46.6 Å². The number of hydrogen-bond acceptors (Lipinski definition) is 3. The number of fused-ring (bicyclic) bond motifs is 1. The van der Waals surface area contributed by atoms with Crippen LogP contribution in [0.4, 0.5) is 0 Å². The molecule has 4 heteroatoms. The van der Waals surface area contributed by atoms with Crippen LogP contribution in [0.1, 0.15) is 30.0 Å². The molecule has 0 aliphatic carbocycles. The number of carbonyl (C=O) groups excluding carboxylic acids is 2. The lowest BCUT2D eigenvalue weighted by Gasteiger charge is -2.41. The molecule has 0 spiro atoms. The van der Waals surface area contributed by atoms with Crippen molar-refractivity contribution in [1.29, 1.82) is 0 Å². The van der Waals surface area contributed by atoms with Crippen LogP contribution in [-0.4, -0.2) is 30.4 Å². The van der Waals surface area contributed by atoms with E-state index in [4.69, 9.17) is 4.74 Å². The molecule has 0 bridgehead atoms. The van der Waals surface area contributed by atoms with Crippen molar-refractivity contribution < 1.29 is 14.3 Å². The second-order valence-corrected chi connectivity index (χ2v) is 6.07. The van der Waals surface area contributed by atoms with E-state index in [0.717, 1.165) is 16.7 Å². The van der Waals surface area contributed by atoms with E-state index < -0.39 is 5.41 Å². The highest BCUT2D eigenvalue weighted by Crippen LogP contribution is 2.42. The van der Waals surface area contributed by atoms with Gasteiger partial charge in [0, 0.05) is 13.6 Å². The highest BCUT2D eigenvalue weighted by molar-refractivity contribution is 5.97. The predicted octanol–water partition coefficient (Wildman–Crippen LogP) is 2.90. The molecule has 24 heavy (non-hydrogen) atoms. The normalized spacial score (nSPS) is 19.8. The fourth-order valence-electron chi connectivity index (χ4n) is 3.55. The second-order valence-electron chi connectivity index (χ2n) is 6.07. The Balaban J connectivity index is 2.24. The maximum atomic E-state index is 13.3. The van der Waals surface area contributed by atoms with E-state index in [9.17, 15) is 9.59 Å². The lowest BCUT2D eigenvalue weighted by molar-refractivity contribution is -0.149. The van der Waals surface area contributed by atoms with E-state index >= 15 is 0 Å². The number of likely N-dealkylation sites (N-methyl/N-ethyl adjacent to an activating group) is 1. The minimum atomic E-state index is -1.03. The first kappa shape index (κ1) is 16.2. The van der Waals surface area contributed by atoms with Crippen LogP contribution in [0, 0.1) is 0 Å². The fourth-order valence-corrected chi connectivity index (χ4v) is 3.55. The molecule has 1 aliphatic rings. The lowest BCUT2D eigenvalue weighted by Crippen LogP contribution is -2.51. The number of ether oxygens (including phenoxy) is 1. The summed E-state index contributed by atoms with van der Waals surface area (Å²) in [5.41, 5.74) is 1.75. The largest absolute Gasteiger partial charge is 0.466 e. The van der Waals surface area contributed by atoms with Gasteiger partial charge in [-0.05, 0) is 23.6 Å². The van der Waals surface area contributed by atoms with Crippen LogP contribution in [0.3, 0.4) is 0 Å². The van der Waals surface area contributed by atoms with Crippen molar-refractivity contribution in [2.75, 3.05) is 13.7 Å². The van der Waals surface area contributed by atoms with Gasteiger partial charge in [0.2, 0.25) is 5.91 Å². The molecule has 0 saturated heterocycles. The number of amides is 1. The zero-order valence-corrected chi connectivity index (χ0v) is 14.0. The van der Waals surface area contributed by atoms with Gasteiger partial charge in [0.15, 0.2) is 0 Å². The summed E-state index contributed by atoms with van der Waals surface area (Å²) in [7, 11) is 1.78. The monoisotopic (exact) mass is 323 g/mol. The van der Waals surface area contributed by atoms with Gasteiger partial charge in [-0.15, -0.1) is 0 Å². The third-order valence-corrected chi connectivity index (χ3v) is 4.58. The first-order valence-electron chi connectivity index (χ1n) is 8.14. The molecular formula is C20H21NO3. The molecule has 0 fully saturated rings. The smallest absolute Gasteiger partial charge is 0.307 e. The highest BCUT2D eigenvalue weighted by Gasteiger charge is 2.49. The Kier molecular flexibility index (Phi) is 4.38. The molecule has 1 aliphatic heterocycles. The fraction of sp³-hybridized carbons (Fsp3) is 0.300. The van der Waals surface area contributed by atoms with Crippen LogP contribution >= 0.6 is 0 Å². The standard InChI is InChI=1S/C20H21NO3/c1-3-24-18(22)13-20(16-10-5-4-6-11-16)17-12-8-7-9-15(17)14-21(2)19(20)23/h4-12H,3,13-14H2,1-2H3. The van der Waals surface area contributed by atoms with Gasteiger partial charge >= 0.3 is 5.97 Å². The van der Waals surface area contributed by atoms with Crippen molar-refractivity contribution in [3.8, 4) is 0 Å². The Bertz CT molecular complexity index is 756. The third kappa shape index (κ3) is 2.58. The zero-order chi connectivity index (χ0) is 17.2. The van der Waals surface area contributed by atoms with Gasteiger partial charge in [-0.25, -0.2) is 0 Å². The molecular weight excluding hydrogens is 302 g/mol. The van der Waals surface area contributed by atoms with Gasteiger partial charge < -0.3 is 9.64 Å². The SMILES string of the molecule is CCOC(=O)CC1(c2ccccc2)C(=O)N(C)Cc2ccccc21. The van der Waals surface area contributed by atoms with Crippen molar-refractivity contribution in [2.45, 2.75) is 25.3 Å². The molecule has 1 unspecified atom stereocenters. The molecule has 3 rings (SSSR count). The maximum absolute atomic E-state index is 13.3. The van der Waals surface area contributed by atoms with Crippen molar-refractivity contribution in [2.24, 2.45) is 0 Å². The summed E-state index contributed by atoms with van der Waals surface area (Å²) in [5, 5.41) is 0. The van der Waals surface area contributed by atoms with Gasteiger partial charge in [-0.3, -0.25) is 9.59 Å². The Morgan fingerprint density at radius 2 is 1.79 bits per heavy atom. The van der Waals surface area contributed by atoms with E-state index in [0.29, 0.717) is 13.2 Å². The average molecular weight is 323 g/mol. The molecule has 0 aromatic heterocycles. The number of rotatable bonds is 4. The Morgan fingerprint density at radius 3 is 2.50 bits per heavy atom. The third-order valence-electron chi connectivity index (χ3n) is 4.58. The average Bonchev–Trinajstić information content (AvgIpc) is 2.60. The van der Waals surface area contributed by atoms with E-state index in [1.165, 1.54) is 0 Å². The highest BCUT2D eigenvalue weighted by atomic mass is 16.5. The van der Waals surface area contributed by atoms with E-state index in [-0.39, 0.29) is 18.3 Å². The molecule has 0 saturated carbocycles. The molecule has 1 atom stereocenters. The van der Waals surface area contributed by atoms with Crippen molar-refractivity contribution in [1.82, 2.24) is 4.90 Å². The van der Waals surface area contributed by atoms with Gasteiger partial charge in [0.25, 0.3) is 0 Å². The minimum Gasteiger partial charge on any atom is -0.466 e. The zero-order valence-electron chi connectivity index (χ0n) is 14.0. The summed E-state index contributed by atoms with van der Waals surface area (Å²) in [6, 6.07) is 17.4. The second kappa shape index (κ2) is 6.48. The van der Waals surface area contributed by atoms with Crippen molar-refractivity contribution >= 4 is 11.9 Å². The Hall–Kier alpha value is -2.62. The van der Waals surface area contributed by atoms with Gasteiger partial charge in [0.05, 0.1) is 13.0 Å². The summed E-state index contributed by atoms with van der Waals surface area (Å²) < 4.78 is 5.18. The maximum Gasteiger partial charge on any atom is 0.307 e. The van der Waals surface area contributed by atoms with Gasteiger partial charge in [-0.1, -0.05) is 54.6 Å². The first-order valence-corrected chi connectivity index (χ1v) is 8.14. The van der Waals surface area contributed by atoms with Crippen LogP contribution < -0.4 is 0 Å². The van der Waals surface area contributed by atoms with E-state index in [1.807, 2.05) is 54.6 Å². The summed E-state index contributed by atoms with van der Waals surface area (Å²) in [4.78, 5) is 27.3. The first-order chi connectivity index (χ1) is 11.6. The van der Waals surface area contributed by atoms with Gasteiger partial charge in [-0.2, -0.15) is 0 Å². The number of benzene rings is 2. The predicted molar refractivity (Wildman–Crippen MR) is 91.4 cm³/mol. The number of hydrogen-bond donors (Lipinski definition) is 0. The van der Waals surface area contributed by atoms with Crippen LogP contribution in [0.5, 0.6) is 0 Å².